The molecule has 2 heterocycles. The number of nitrogens with zero attached hydrogens (tertiary/aromatic N) is 4. The molecule has 0 atom stereocenters. The summed E-state index contributed by atoms with van der Waals surface area (Å²) in [7, 11) is -3.27. The van der Waals surface area contributed by atoms with Crippen LogP contribution in [0.25, 0.3) is 5.82 Å². The molecule has 140 valence electrons. The van der Waals surface area contributed by atoms with Crippen molar-refractivity contribution in [2.75, 3.05) is 4.72 Å². The van der Waals surface area contributed by atoms with Crippen LogP contribution in [0.5, 0.6) is 11.6 Å². The summed E-state index contributed by atoms with van der Waals surface area (Å²) in [5, 5.41) is 12.3. The fourth-order valence-corrected chi connectivity index (χ4v) is 4.07. The lowest BCUT2D eigenvalue weighted by Crippen LogP contribution is -2.17. The minimum absolute atomic E-state index is 0.260. The van der Waals surface area contributed by atoms with Gasteiger partial charge in [0.1, 0.15) is 5.75 Å². The third-order valence-corrected chi connectivity index (χ3v) is 6.02. The molecule has 0 amide bonds. The van der Waals surface area contributed by atoms with Gasteiger partial charge in [-0.1, -0.05) is 0 Å². The van der Waals surface area contributed by atoms with Gasteiger partial charge in [0.2, 0.25) is 15.9 Å². The van der Waals surface area contributed by atoms with Crippen molar-refractivity contribution in [3.63, 3.8) is 0 Å². The second-order valence-corrected chi connectivity index (χ2v) is 8.50. The molecule has 9 heteroatoms. The average molecular weight is 385 g/mol. The van der Waals surface area contributed by atoms with Gasteiger partial charge in [0.25, 0.3) is 0 Å². The van der Waals surface area contributed by atoms with Gasteiger partial charge in [0.15, 0.2) is 5.82 Å². The first kappa shape index (κ1) is 17.5. The van der Waals surface area contributed by atoms with E-state index in [1.54, 1.807) is 41.1 Å². The van der Waals surface area contributed by atoms with E-state index < -0.39 is 10.0 Å². The van der Waals surface area contributed by atoms with Crippen LogP contribution in [0.15, 0.2) is 42.5 Å². The molecule has 1 aromatic carbocycles. The lowest BCUT2D eigenvalue weighted by atomic mass is 10.3. The largest absolute Gasteiger partial charge is 0.438 e. The van der Waals surface area contributed by atoms with Crippen LogP contribution in [0.2, 0.25) is 0 Å². The van der Waals surface area contributed by atoms with Gasteiger partial charge in [0, 0.05) is 17.4 Å². The van der Waals surface area contributed by atoms with E-state index in [9.17, 15) is 8.42 Å². The smallest absolute Gasteiger partial charge is 0.238 e. The molecule has 1 N–H and O–H groups in total. The van der Waals surface area contributed by atoms with Crippen LogP contribution in [0.3, 0.4) is 0 Å². The van der Waals surface area contributed by atoms with Crippen LogP contribution in [0.4, 0.5) is 5.69 Å². The van der Waals surface area contributed by atoms with Gasteiger partial charge in [0.05, 0.1) is 10.9 Å². The SMILES string of the molecule is Cc1cc(C)n(-c2ccc(Oc3ccc(NS(=O)(=O)C4CC4)cc3)nn2)n1. The molecule has 27 heavy (non-hydrogen) atoms. The molecule has 8 nitrogen and oxygen atoms in total. The fourth-order valence-electron chi connectivity index (χ4n) is 2.68. The molecule has 1 fully saturated rings. The summed E-state index contributed by atoms with van der Waals surface area (Å²) >= 11 is 0. The van der Waals surface area contributed by atoms with E-state index in [1.165, 1.54) is 0 Å². The summed E-state index contributed by atoms with van der Waals surface area (Å²) in [5.41, 5.74) is 2.40. The van der Waals surface area contributed by atoms with Crippen LogP contribution >= 0.6 is 0 Å². The molecule has 4 rings (SSSR count). The Hall–Kier alpha value is -2.94. The number of aryl methyl sites for hydroxylation is 2. The van der Waals surface area contributed by atoms with Crippen LogP contribution in [-0.2, 0) is 10.0 Å². The van der Waals surface area contributed by atoms with E-state index in [4.69, 9.17) is 4.74 Å². The Bertz CT molecular complexity index is 1060. The molecular formula is C18H19N5O3S. The normalized spacial score (nSPS) is 14.1. The molecule has 0 saturated heterocycles. The second kappa shape index (κ2) is 6.66. The molecule has 0 bridgehead atoms. The third-order valence-electron chi connectivity index (χ3n) is 4.15. The summed E-state index contributed by atoms with van der Waals surface area (Å²) in [4.78, 5) is 0. The third kappa shape index (κ3) is 3.92. The van der Waals surface area contributed by atoms with Crippen molar-refractivity contribution in [1.82, 2.24) is 20.0 Å². The maximum atomic E-state index is 11.9. The summed E-state index contributed by atoms with van der Waals surface area (Å²) in [6, 6.07) is 12.1. The number of ether oxygens (including phenoxy) is 1. The van der Waals surface area contributed by atoms with Crippen molar-refractivity contribution >= 4 is 15.7 Å². The Kier molecular flexibility index (Phi) is 4.31. The second-order valence-electron chi connectivity index (χ2n) is 6.54. The average Bonchev–Trinajstić information content (AvgIpc) is 3.43. The number of sulfonamides is 1. The van der Waals surface area contributed by atoms with Gasteiger partial charge < -0.3 is 4.74 Å². The standard InChI is InChI=1S/C18H19N5O3S/c1-12-11-13(2)23(21-12)17-9-10-18(20-19-17)26-15-5-3-14(4-6-15)22-27(24,25)16-7-8-16/h3-6,9-11,16,22H,7-8H2,1-2H3. The molecule has 0 unspecified atom stereocenters. The van der Waals surface area contributed by atoms with Gasteiger partial charge in [-0.05, 0) is 63.1 Å². The van der Waals surface area contributed by atoms with E-state index >= 15 is 0 Å². The predicted molar refractivity (Wildman–Crippen MR) is 101 cm³/mol. The van der Waals surface area contributed by atoms with E-state index in [2.05, 4.69) is 20.0 Å². The molecule has 1 saturated carbocycles. The highest BCUT2D eigenvalue weighted by Crippen LogP contribution is 2.30. The molecule has 0 aliphatic heterocycles. The lowest BCUT2D eigenvalue weighted by Gasteiger charge is -2.09. The zero-order valence-electron chi connectivity index (χ0n) is 15.0. The van der Waals surface area contributed by atoms with Gasteiger partial charge in [-0.25, -0.2) is 13.1 Å². The topological polar surface area (TPSA) is 99.0 Å². The Balaban J connectivity index is 1.44. The lowest BCUT2D eigenvalue weighted by molar-refractivity contribution is 0.454. The first-order valence-corrected chi connectivity index (χ1v) is 10.1. The molecule has 0 radical (unpaired) electrons. The zero-order chi connectivity index (χ0) is 19.0. The van der Waals surface area contributed by atoms with Crippen LogP contribution in [0.1, 0.15) is 24.2 Å². The first-order valence-electron chi connectivity index (χ1n) is 8.58. The highest BCUT2D eigenvalue weighted by atomic mass is 32.2. The summed E-state index contributed by atoms with van der Waals surface area (Å²) in [6.07, 6.45) is 1.45. The molecule has 0 spiro atoms. The quantitative estimate of drug-likeness (QED) is 0.700. The molecular weight excluding hydrogens is 366 g/mol. The van der Waals surface area contributed by atoms with Gasteiger partial charge in [-0.2, -0.15) is 5.10 Å². The van der Waals surface area contributed by atoms with Crippen LogP contribution in [-0.4, -0.2) is 33.6 Å². The Morgan fingerprint density at radius 3 is 2.37 bits per heavy atom. The van der Waals surface area contributed by atoms with Crippen molar-refractivity contribution in [3.8, 4) is 17.4 Å². The van der Waals surface area contributed by atoms with E-state index in [-0.39, 0.29) is 5.25 Å². The van der Waals surface area contributed by atoms with E-state index in [0.29, 0.717) is 23.1 Å². The van der Waals surface area contributed by atoms with Crippen molar-refractivity contribution < 1.29 is 13.2 Å². The maximum Gasteiger partial charge on any atom is 0.238 e. The number of anilines is 1. The van der Waals surface area contributed by atoms with E-state index in [0.717, 1.165) is 24.2 Å². The monoisotopic (exact) mass is 385 g/mol. The zero-order valence-corrected chi connectivity index (χ0v) is 15.8. The van der Waals surface area contributed by atoms with Crippen molar-refractivity contribution in [3.05, 3.63) is 53.9 Å². The Labute approximate surface area is 157 Å². The first-order chi connectivity index (χ1) is 12.9. The van der Waals surface area contributed by atoms with E-state index in [1.807, 2.05) is 19.9 Å². The van der Waals surface area contributed by atoms with Crippen molar-refractivity contribution in [2.45, 2.75) is 31.9 Å². The molecule has 1 aliphatic rings. The van der Waals surface area contributed by atoms with Gasteiger partial charge in [-0.3, -0.25) is 4.72 Å². The molecule has 1 aliphatic carbocycles. The summed E-state index contributed by atoms with van der Waals surface area (Å²) in [6.45, 7) is 3.87. The number of rotatable bonds is 6. The summed E-state index contributed by atoms with van der Waals surface area (Å²) in [5.74, 6) is 1.49. The van der Waals surface area contributed by atoms with Crippen LogP contribution < -0.4 is 9.46 Å². The predicted octanol–water partition coefficient (Wildman–Crippen LogP) is 2.98. The maximum absolute atomic E-state index is 11.9. The fraction of sp³-hybridized carbons (Fsp3) is 0.278. The number of nitrogens with one attached hydrogen (secondary N) is 1. The van der Waals surface area contributed by atoms with Gasteiger partial charge in [-0.15, -0.1) is 10.2 Å². The Morgan fingerprint density at radius 2 is 1.81 bits per heavy atom. The minimum atomic E-state index is -3.27. The Morgan fingerprint density at radius 1 is 1.07 bits per heavy atom. The van der Waals surface area contributed by atoms with Gasteiger partial charge >= 0.3 is 0 Å². The van der Waals surface area contributed by atoms with Crippen molar-refractivity contribution in [1.29, 1.82) is 0 Å². The number of aromatic nitrogens is 4. The van der Waals surface area contributed by atoms with Crippen LogP contribution in [0, 0.1) is 13.8 Å². The molecule has 3 aromatic rings. The highest BCUT2D eigenvalue weighted by Gasteiger charge is 2.35. The minimum Gasteiger partial charge on any atom is -0.438 e. The summed E-state index contributed by atoms with van der Waals surface area (Å²) < 4.78 is 33.9. The highest BCUT2D eigenvalue weighted by molar-refractivity contribution is 7.93. The number of hydrogen-bond acceptors (Lipinski definition) is 6. The number of benzene rings is 1. The number of hydrogen-bond donors (Lipinski definition) is 1. The van der Waals surface area contributed by atoms with Crippen molar-refractivity contribution in [2.24, 2.45) is 0 Å². The molecule has 2 aromatic heterocycles.